The minimum atomic E-state index is -0.539. The number of amides is 1. The monoisotopic (exact) mass is 512 g/mol. The van der Waals surface area contributed by atoms with E-state index < -0.39 is 5.54 Å². The predicted octanol–water partition coefficient (Wildman–Crippen LogP) is 5.61. The molecule has 0 saturated heterocycles. The number of pyridine rings is 1. The van der Waals surface area contributed by atoms with Crippen molar-refractivity contribution < 1.29 is 9.32 Å². The van der Waals surface area contributed by atoms with Gasteiger partial charge in [0.1, 0.15) is 16.7 Å². The van der Waals surface area contributed by atoms with Crippen LogP contribution >= 0.6 is 11.6 Å². The summed E-state index contributed by atoms with van der Waals surface area (Å²) in [4.78, 5) is 29.6. The summed E-state index contributed by atoms with van der Waals surface area (Å²) in [6.07, 6.45) is 9.26. The van der Waals surface area contributed by atoms with Crippen molar-refractivity contribution in [2.75, 3.05) is 14.1 Å². The summed E-state index contributed by atoms with van der Waals surface area (Å²) in [5.74, 6) is 0.962. The molecule has 1 amide bonds. The number of aromatic nitrogens is 2. The largest absolute Gasteiger partial charge is 0.360 e. The summed E-state index contributed by atoms with van der Waals surface area (Å²) in [7, 11) is 4.04. The Morgan fingerprint density at radius 2 is 1.89 bits per heavy atom. The fourth-order valence-electron chi connectivity index (χ4n) is 6.61. The molecule has 2 fully saturated rings. The van der Waals surface area contributed by atoms with Gasteiger partial charge in [-0.25, -0.2) is 0 Å². The molecule has 3 unspecified atom stereocenters. The number of carbonyl (C=O) groups excluding carboxylic acids is 1. The molecule has 3 atom stereocenters. The molecule has 2 heterocycles. The highest BCUT2D eigenvalue weighted by Crippen LogP contribution is 2.38. The van der Waals surface area contributed by atoms with Gasteiger partial charge >= 0.3 is 0 Å². The molecule has 7 nitrogen and oxygen atoms in total. The number of carbonyl (C=O) groups is 1. The molecule has 2 aromatic heterocycles. The van der Waals surface area contributed by atoms with E-state index in [2.05, 4.69) is 22.3 Å². The molecule has 2 aliphatic carbocycles. The van der Waals surface area contributed by atoms with Gasteiger partial charge in [0.25, 0.3) is 5.56 Å². The lowest BCUT2D eigenvalue weighted by Gasteiger charge is -2.44. The average molecular weight is 513 g/mol. The second-order valence-electron chi connectivity index (χ2n) is 11.1. The molecular formula is C28H37ClN4O3. The van der Waals surface area contributed by atoms with Gasteiger partial charge in [0.15, 0.2) is 0 Å². The molecular weight excluding hydrogens is 476 g/mol. The third kappa shape index (κ3) is 4.14. The normalized spacial score (nSPS) is 23.3. The van der Waals surface area contributed by atoms with Crippen LogP contribution in [0.5, 0.6) is 0 Å². The quantitative estimate of drug-likeness (QED) is 0.481. The number of likely N-dealkylation sites (N-methyl/N-ethyl adjacent to an activating group) is 1. The van der Waals surface area contributed by atoms with E-state index in [1.807, 2.05) is 36.9 Å². The van der Waals surface area contributed by atoms with Crippen LogP contribution in [0.25, 0.3) is 21.8 Å². The Bertz CT molecular complexity index is 1340. The van der Waals surface area contributed by atoms with Crippen molar-refractivity contribution in [2.45, 2.75) is 89.3 Å². The molecule has 1 N–H and O–H groups in total. The zero-order valence-electron chi connectivity index (χ0n) is 21.8. The van der Waals surface area contributed by atoms with Gasteiger partial charge in [-0.3, -0.25) is 14.5 Å². The van der Waals surface area contributed by atoms with Gasteiger partial charge in [0.2, 0.25) is 5.91 Å². The average Bonchev–Trinajstić information content (AvgIpc) is 3.26. The minimum Gasteiger partial charge on any atom is -0.360 e. The van der Waals surface area contributed by atoms with E-state index in [9.17, 15) is 9.59 Å². The lowest BCUT2D eigenvalue weighted by atomic mass is 9.74. The van der Waals surface area contributed by atoms with E-state index >= 15 is 0 Å². The third-order valence-corrected chi connectivity index (χ3v) is 9.23. The summed E-state index contributed by atoms with van der Waals surface area (Å²) >= 11 is 6.60. The first-order valence-corrected chi connectivity index (χ1v) is 13.7. The second-order valence-corrected chi connectivity index (χ2v) is 11.5. The number of nitrogens with one attached hydrogen (secondary N) is 1. The first-order valence-electron chi connectivity index (χ1n) is 13.3. The van der Waals surface area contributed by atoms with Crippen molar-refractivity contribution >= 4 is 39.3 Å². The van der Waals surface area contributed by atoms with Gasteiger partial charge in [-0.05, 0) is 84.5 Å². The maximum absolute atomic E-state index is 13.8. The van der Waals surface area contributed by atoms with Crippen LogP contribution in [0.4, 0.5) is 0 Å². The third-order valence-electron chi connectivity index (χ3n) is 8.92. The first-order chi connectivity index (χ1) is 17.2. The number of aryl methyl sites for hydroxylation is 1. The number of nitrogens with zero attached hydrogens (tertiary/aromatic N) is 3. The Morgan fingerprint density at radius 3 is 2.61 bits per heavy atom. The fraction of sp³-hybridized carbons (Fsp3) is 0.607. The van der Waals surface area contributed by atoms with Crippen molar-refractivity contribution in [2.24, 2.45) is 5.92 Å². The van der Waals surface area contributed by atoms with Crippen LogP contribution in [0, 0.1) is 12.8 Å². The van der Waals surface area contributed by atoms with Crippen molar-refractivity contribution in [3.8, 4) is 0 Å². The second kappa shape index (κ2) is 9.82. The molecule has 2 aliphatic rings. The van der Waals surface area contributed by atoms with Crippen LogP contribution < -0.4 is 10.9 Å². The van der Waals surface area contributed by atoms with Crippen molar-refractivity contribution in [3.05, 3.63) is 39.3 Å². The summed E-state index contributed by atoms with van der Waals surface area (Å²) in [6, 6.07) is 5.59. The summed E-state index contributed by atoms with van der Waals surface area (Å²) in [5.41, 5.74) is 0.647. The summed E-state index contributed by atoms with van der Waals surface area (Å²) in [6.45, 7) is 3.86. The van der Waals surface area contributed by atoms with Crippen LogP contribution in [0.1, 0.15) is 76.5 Å². The SMILES string of the molecule is Cc1onc2c1c(=O)n(C1CCCC(NC(=O)C(C)(C3CCCCC3)N(C)C)C1)c1cccc(Cl)c21. The number of halogens is 1. The first kappa shape index (κ1) is 25.3. The number of rotatable bonds is 5. The number of benzene rings is 1. The lowest BCUT2D eigenvalue weighted by molar-refractivity contribution is -0.136. The predicted molar refractivity (Wildman–Crippen MR) is 144 cm³/mol. The minimum absolute atomic E-state index is 0.0134. The maximum atomic E-state index is 13.8. The molecule has 5 rings (SSSR count). The smallest absolute Gasteiger partial charge is 0.264 e. The van der Waals surface area contributed by atoms with Crippen LogP contribution in [0.15, 0.2) is 27.5 Å². The summed E-state index contributed by atoms with van der Waals surface area (Å²) < 4.78 is 7.28. The zero-order valence-corrected chi connectivity index (χ0v) is 22.5. The topological polar surface area (TPSA) is 80.4 Å². The van der Waals surface area contributed by atoms with Crippen LogP contribution in [0.3, 0.4) is 0 Å². The lowest BCUT2D eigenvalue weighted by Crippen LogP contribution is -2.60. The van der Waals surface area contributed by atoms with Crippen LogP contribution in [-0.2, 0) is 4.79 Å². The van der Waals surface area contributed by atoms with Gasteiger partial charge in [0.05, 0.1) is 16.1 Å². The van der Waals surface area contributed by atoms with E-state index in [0.717, 1.165) is 43.0 Å². The molecule has 194 valence electrons. The molecule has 0 radical (unpaired) electrons. The summed E-state index contributed by atoms with van der Waals surface area (Å²) in [5, 5.41) is 9.35. The van der Waals surface area contributed by atoms with E-state index in [4.69, 9.17) is 16.1 Å². The van der Waals surface area contributed by atoms with Crippen molar-refractivity contribution in [3.63, 3.8) is 0 Å². The maximum Gasteiger partial charge on any atom is 0.264 e. The molecule has 8 heteroatoms. The molecule has 1 aromatic carbocycles. The van der Waals surface area contributed by atoms with Gasteiger partial charge in [-0.2, -0.15) is 0 Å². The highest BCUT2D eigenvalue weighted by Gasteiger charge is 2.44. The Labute approximate surface area is 217 Å². The number of hydrogen-bond donors (Lipinski definition) is 1. The fourth-order valence-corrected chi connectivity index (χ4v) is 6.87. The Hall–Kier alpha value is -2.38. The molecule has 2 saturated carbocycles. The number of hydrogen-bond acceptors (Lipinski definition) is 5. The Morgan fingerprint density at radius 1 is 1.14 bits per heavy atom. The Kier molecular flexibility index (Phi) is 6.90. The standard InChI is InChI=1S/C28H37ClN4O3/c1-17-23-25(31-36-17)24-21(29)14-9-15-22(24)33(26(23)34)20-13-8-12-19(16-20)30-27(35)28(2,32(3)4)18-10-6-5-7-11-18/h9,14-15,18-20H,5-8,10-13,16H2,1-4H3,(H,30,35). The highest BCUT2D eigenvalue weighted by atomic mass is 35.5. The van der Waals surface area contributed by atoms with Gasteiger partial charge in [-0.15, -0.1) is 0 Å². The van der Waals surface area contributed by atoms with Crippen molar-refractivity contribution in [1.82, 2.24) is 19.9 Å². The number of fused-ring (bicyclic) bond motifs is 3. The molecule has 36 heavy (non-hydrogen) atoms. The van der Waals surface area contributed by atoms with Gasteiger partial charge < -0.3 is 14.4 Å². The van der Waals surface area contributed by atoms with Gasteiger partial charge in [0, 0.05) is 17.5 Å². The zero-order chi connectivity index (χ0) is 25.6. The van der Waals surface area contributed by atoms with Crippen LogP contribution in [-0.4, -0.2) is 46.2 Å². The molecule has 0 bridgehead atoms. The Balaban J connectivity index is 1.47. The van der Waals surface area contributed by atoms with E-state index in [-0.39, 0.29) is 23.6 Å². The van der Waals surface area contributed by atoms with Gasteiger partial charge in [-0.1, -0.05) is 42.1 Å². The molecule has 3 aromatic rings. The van der Waals surface area contributed by atoms with E-state index in [1.165, 1.54) is 19.3 Å². The van der Waals surface area contributed by atoms with Crippen LogP contribution in [0.2, 0.25) is 5.02 Å². The molecule has 0 spiro atoms. The van der Waals surface area contributed by atoms with E-state index in [1.54, 1.807) is 6.92 Å². The van der Waals surface area contributed by atoms with Crippen molar-refractivity contribution in [1.29, 1.82) is 0 Å². The highest BCUT2D eigenvalue weighted by molar-refractivity contribution is 6.37. The van der Waals surface area contributed by atoms with E-state index in [0.29, 0.717) is 34.0 Å². The molecule has 0 aliphatic heterocycles.